The van der Waals surface area contributed by atoms with Gasteiger partial charge in [0, 0.05) is 0 Å². The second-order valence-corrected chi connectivity index (χ2v) is 9.14. The number of likely N-dealkylation sites (tertiary alicyclic amines) is 1. The summed E-state index contributed by atoms with van der Waals surface area (Å²) in [5.74, 6) is -1.74. The summed E-state index contributed by atoms with van der Waals surface area (Å²) >= 11 is 0. The number of hydrogen-bond donors (Lipinski definition) is 1. The van der Waals surface area contributed by atoms with Crippen LogP contribution in [0.3, 0.4) is 0 Å². The monoisotopic (exact) mass is 434 g/mol. The number of fused-ring (bicyclic) bond motifs is 5. The first kappa shape index (κ1) is 21.6. The highest BCUT2D eigenvalue weighted by Gasteiger charge is 2.59. The average Bonchev–Trinajstić information content (AvgIpc) is 3.37. The summed E-state index contributed by atoms with van der Waals surface area (Å²) in [5, 5.41) is 2.75. The van der Waals surface area contributed by atoms with Crippen molar-refractivity contribution in [2.75, 3.05) is 6.54 Å². The van der Waals surface area contributed by atoms with Crippen LogP contribution in [-0.2, 0) is 20.6 Å². The quantitative estimate of drug-likeness (QED) is 0.548. The average molecular weight is 434 g/mol. The smallest absolute Gasteiger partial charge is 0.348 e. The molecule has 1 aliphatic heterocycles. The highest BCUT2D eigenvalue weighted by atomic mass is 19.4. The fourth-order valence-corrected chi connectivity index (χ4v) is 5.18. The molecule has 1 aromatic rings. The van der Waals surface area contributed by atoms with Gasteiger partial charge >= 0.3 is 6.18 Å². The largest absolute Gasteiger partial charge is 0.416 e. The fraction of sp³-hybridized carbons (Fsp3) is 0.522. The summed E-state index contributed by atoms with van der Waals surface area (Å²) in [6.45, 7) is 3.41. The van der Waals surface area contributed by atoms with E-state index in [0.717, 1.165) is 23.5 Å². The summed E-state index contributed by atoms with van der Waals surface area (Å²) in [5.41, 5.74) is -0.441. The summed E-state index contributed by atoms with van der Waals surface area (Å²) in [6.07, 6.45) is 0.703. The van der Waals surface area contributed by atoms with E-state index < -0.39 is 30.2 Å². The van der Waals surface area contributed by atoms with E-state index in [1.165, 1.54) is 6.07 Å². The van der Waals surface area contributed by atoms with Gasteiger partial charge in [0.1, 0.15) is 6.54 Å². The topological polar surface area (TPSA) is 66.5 Å². The van der Waals surface area contributed by atoms with E-state index in [1.54, 1.807) is 6.07 Å². The number of hydrogen-bond acceptors (Lipinski definition) is 3. The number of amides is 3. The number of allylic oxidation sites excluding steroid dienone is 2. The third-order valence-corrected chi connectivity index (χ3v) is 6.52. The predicted octanol–water partition coefficient (Wildman–Crippen LogP) is 3.72. The fourth-order valence-electron chi connectivity index (χ4n) is 5.18. The third kappa shape index (κ3) is 4.00. The van der Waals surface area contributed by atoms with E-state index in [0.29, 0.717) is 12.0 Å². The molecule has 4 rings (SSSR count). The highest BCUT2D eigenvalue weighted by molar-refractivity contribution is 6.08. The van der Waals surface area contributed by atoms with Gasteiger partial charge in [-0.15, -0.1) is 0 Å². The van der Waals surface area contributed by atoms with Crippen molar-refractivity contribution in [3.8, 4) is 0 Å². The zero-order chi connectivity index (χ0) is 22.5. The van der Waals surface area contributed by atoms with E-state index in [1.807, 2.05) is 26.0 Å². The SMILES string of the molecule is CC(C)CC(NC(=O)CN1C(=O)C2C3C=CC(C3)C2C1=O)c1cccc(C(F)(F)F)c1. The maximum Gasteiger partial charge on any atom is 0.416 e. The predicted molar refractivity (Wildman–Crippen MR) is 106 cm³/mol. The Balaban J connectivity index is 1.48. The second-order valence-electron chi connectivity index (χ2n) is 9.14. The number of benzene rings is 1. The first-order chi connectivity index (χ1) is 14.6. The zero-order valence-corrected chi connectivity index (χ0v) is 17.4. The first-order valence-electron chi connectivity index (χ1n) is 10.6. The number of imide groups is 1. The molecule has 5 atom stereocenters. The highest BCUT2D eigenvalue weighted by Crippen LogP contribution is 2.52. The van der Waals surface area contributed by atoms with E-state index in [9.17, 15) is 27.6 Å². The Morgan fingerprint density at radius 1 is 1.13 bits per heavy atom. The second kappa shape index (κ2) is 7.80. The van der Waals surface area contributed by atoms with E-state index >= 15 is 0 Å². The molecule has 31 heavy (non-hydrogen) atoms. The van der Waals surface area contributed by atoms with Crippen LogP contribution in [0.5, 0.6) is 0 Å². The molecule has 1 N–H and O–H groups in total. The van der Waals surface area contributed by atoms with Crippen molar-refractivity contribution >= 4 is 17.7 Å². The lowest BCUT2D eigenvalue weighted by atomic mass is 9.85. The molecule has 0 radical (unpaired) electrons. The van der Waals surface area contributed by atoms with Crippen LogP contribution in [0.4, 0.5) is 13.2 Å². The van der Waals surface area contributed by atoms with Crippen molar-refractivity contribution in [1.29, 1.82) is 0 Å². The Hall–Kier alpha value is -2.64. The number of halogens is 3. The van der Waals surface area contributed by atoms with Gasteiger partial charge in [0.05, 0.1) is 23.4 Å². The summed E-state index contributed by atoms with van der Waals surface area (Å²) in [4.78, 5) is 39.3. The Morgan fingerprint density at radius 3 is 2.29 bits per heavy atom. The molecule has 8 heteroatoms. The molecule has 1 heterocycles. The molecular formula is C23H25F3N2O3. The lowest BCUT2D eigenvalue weighted by Crippen LogP contribution is -2.43. The van der Waals surface area contributed by atoms with Crippen molar-refractivity contribution in [1.82, 2.24) is 10.2 Å². The van der Waals surface area contributed by atoms with Gasteiger partial charge in [-0.2, -0.15) is 13.2 Å². The molecule has 5 nitrogen and oxygen atoms in total. The van der Waals surface area contributed by atoms with Crippen molar-refractivity contribution in [2.45, 2.75) is 38.9 Å². The normalized spacial score (nSPS) is 27.9. The third-order valence-electron chi connectivity index (χ3n) is 6.52. The standard InChI is InChI=1S/C23H25F3N2O3/c1-12(2)8-17(13-4-3-5-16(10-13)23(24,25)26)27-18(29)11-28-21(30)19-14-6-7-15(9-14)20(19)22(28)31/h3-7,10,12,14-15,17,19-20H,8-9,11H2,1-2H3,(H,27,29). The molecule has 3 amide bonds. The van der Waals surface area contributed by atoms with Crippen LogP contribution in [0.25, 0.3) is 0 Å². The van der Waals surface area contributed by atoms with Crippen LogP contribution in [-0.4, -0.2) is 29.2 Å². The van der Waals surface area contributed by atoms with Crippen LogP contribution in [0.2, 0.25) is 0 Å². The lowest BCUT2D eigenvalue weighted by Gasteiger charge is -2.24. The van der Waals surface area contributed by atoms with Crippen molar-refractivity contribution < 1.29 is 27.6 Å². The van der Waals surface area contributed by atoms with Crippen LogP contribution in [0.15, 0.2) is 36.4 Å². The number of carbonyl (C=O) groups is 3. The molecule has 3 aliphatic rings. The van der Waals surface area contributed by atoms with Gasteiger partial charge in [0.25, 0.3) is 0 Å². The summed E-state index contributed by atoms with van der Waals surface area (Å²) < 4.78 is 39.4. The van der Waals surface area contributed by atoms with Crippen LogP contribution < -0.4 is 5.32 Å². The molecule has 1 aromatic carbocycles. The van der Waals surface area contributed by atoms with E-state index in [4.69, 9.17) is 0 Å². The Labute approximate surface area is 178 Å². The summed E-state index contributed by atoms with van der Waals surface area (Å²) in [6, 6.07) is 4.23. The molecule has 2 fully saturated rings. The van der Waals surface area contributed by atoms with Crippen molar-refractivity contribution in [3.63, 3.8) is 0 Å². The van der Waals surface area contributed by atoms with Crippen molar-refractivity contribution in [2.24, 2.45) is 29.6 Å². The van der Waals surface area contributed by atoms with E-state index in [-0.39, 0.29) is 41.4 Å². The molecule has 2 aliphatic carbocycles. The van der Waals surface area contributed by atoms with Crippen LogP contribution >= 0.6 is 0 Å². The minimum atomic E-state index is -4.48. The van der Waals surface area contributed by atoms with Gasteiger partial charge in [0.2, 0.25) is 17.7 Å². The van der Waals surface area contributed by atoms with Crippen LogP contribution in [0.1, 0.15) is 43.9 Å². The Bertz CT molecular complexity index is 910. The van der Waals surface area contributed by atoms with Gasteiger partial charge < -0.3 is 5.32 Å². The van der Waals surface area contributed by atoms with Gasteiger partial charge in [-0.05, 0) is 48.3 Å². The maximum atomic E-state index is 13.1. The molecule has 5 unspecified atom stereocenters. The number of carbonyl (C=O) groups excluding carboxylic acids is 3. The maximum absolute atomic E-state index is 13.1. The lowest BCUT2D eigenvalue weighted by molar-refractivity contribution is -0.144. The van der Waals surface area contributed by atoms with Crippen LogP contribution in [0, 0.1) is 29.6 Å². The number of nitrogens with one attached hydrogen (secondary N) is 1. The van der Waals surface area contributed by atoms with Crippen molar-refractivity contribution in [3.05, 3.63) is 47.5 Å². The molecule has 1 saturated carbocycles. The molecular weight excluding hydrogens is 409 g/mol. The molecule has 0 aromatic heterocycles. The molecule has 1 saturated heterocycles. The Morgan fingerprint density at radius 2 is 1.74 bits per heavy atom. The molecule has 2 bridgehead atoms. The first-order valence-corrected chi connectivity index (χ1v) is 10.6. The minimum absolute atomic E-state index is 0.0540. The van der Waals surface area contributed by atoms with Gasteiger partial charge in [-0.3, -0.25) is 19.3 Å². The van der Waals surface area contributed by atoms with E-state index in [2.05, 4.69) is 5.32 Å². The van der Waals surface area contributed by atoms with Gasteiger partial charge in [-0.1, -0.05) is 38.1 Å². The number of rotatable bonds is 6. The molecule has 166 valence electrons. The van der Waals surface area contributed by atoms with Gasteiger partial charge in [-0.25, -0.2) is 0 Å². The van der Waals surface area contributed by atoms with Gasteiger partial charge in [0.15, 0.2) is 0 Å². The zero-order valence-electron chi connectivity index (χ0n) is 17.4. The Kier molecular flexibility index (Phi) is 5.43. The minimum Gasteiger partial charge on any atom is -0.348 e. The summed E-state index contributed by atoms with van der Waals surface area (Å²) in [7, 11) is 0. The molecule has 0 spiro atoms. The number of alkyl halides is 3. The number of nitrogens with zero attached hydrogens (tertiary/aromatic N) is 1.